The predicted octanol–water partition coefficient (Wildman–Crippen LogP) is 2.46. The lowest BCUT2D eigenvalue weighted by atomic mass is 9.77. The van der Waals surface area contributed by atoms with Crippen molar-refractivity contribution in [2.75, 3.05) is 6.61 Å². The maximum absolute atomic E-state index is 9.94. The minimum Gasteiger partial charge on any atom is -0.394 e. The summed E-state index contributed by atoms with van der Waals surface area (Å²) in [6.45, 7) is 0.905. The van der Waals surface area contributed by atoms with Crippen molar-refractivity contribution in [1.82, 2.24) is 10.3 Å². The van der Waals surface area contributed by atoms with Gasteiger partial charge in [-0.05, 0) is 30.4 Å². The van der Waals surface area contributed by atoms with Gasteiger partial charge in [0.25, 0.3) is 0 Å². The Morgan fingerprint density at radius 1 is 1.37 bits per heavy atom. The molecule has 1 aliphatic carbocycles. The Hall–Kier alpha value is -1.23. The smallest absolute Gasteiger partial charge is 0.0794 e. The van der Waals surface area contributed by atoms with Gasteiger partial charge in [0.1, 0.15) is 0 Å². The van der Waals surface area contributed by atoms with E-state index in [1.807, 2.05) is 11.7 Å². The zero-order valence-electron chi connectivity index (χ0n) is 10.8. The van der Waals surface area contributed by atoms with Gasteiger partial charge in [0.2, 0.25) is 0 Å². The minimum atomic E-state index is -0.293. The number of rotatable bonds is 4. The van der Waals surface area contributed by atoms with Gasteiger partial charge < -0.3 is 10.4 Å². The van der Waals surface area contributed by atoms with Crippen molar-refractivity contribution in [3.63, 3.8) is 0 Å². The Morgan fingerprint density at radius 2 is 2.26 bits per heavy atom. The summed E-state index contributed by atoms with van der Waals surface area (Å²) >= 11 is 1.65. The highest BCUT2D eigenvalue weighted by atomic mass is 32.1. The van der Waals surface area contributed by atoms with Crippen molar-refractivity contribution in [2.24, 2.45) is 0 Å². The number of nitrogens with zero attached hydrogens (tertiary/aromatic N) is 1. The Kier molecular flexibility index (Phi) is 3.64. The quantitative estimate of drug-likeness (QED) is 0.900. The van der Waals surface area contributed by atoms with Crippen LogP contribution in [0.5, 0.6) is 0 Å². The Bertz CT molecular complexity index is 541. The molecule has 1 aromatic carbocycles. The maximum Gasteiger partial charge on any atom is 0.0794 e. The number of aromatic nitrogens is 1. The third kappa shape index (κ3) is 2.43. The Labute approximate surface area is 117 Å². The summed E-state index contributed by atoms with van der Waals surface area (Å²) in [5.41, 5.74) is 4.17. The van der Waals surface area contributed by atoms with Crippen LogP contribution in [0, 0.1) is 0 Å². The molecule has 0 saturated carbocycles. The van der Waals surface area contributed by atoms with E-state index < -0.39 is 0 Å². The molecule has 1 atom stereocenters. The van der Waals surface area contributed by atoms with Crippen LogP contribution < -0.4 is 5.32 Å². The highest BCUT2D eigenvalue weighted by Gasteiger charge is 2.35. The minimum absolute atomic E-state index is 0.142. The highest BCUT2D eigenvalue weighted by molar-refractivity contribution is 7.09. The molecule has 100 valence electrons. The van der Waals surface area contributed by atoms with E-state index in [1.165, 1.54) is 16.0 Å². The fraction of sp³-hybridized carbons (Fsp3) is 0.400. The van der Waals surface area contributed by atoms with Crippen LogP contribution in [0.1, 0.15) is 28.8 Å². The number of hydrogen-bond donors (Lipinski definition) is 2. The molecule has 0 spiro atoms. The van der Waals surface area contributed by atoms with Gasteiger partial charge in [0, 0.05) is 17.6 Å². The van der Waals surface area contributed by atoms with E-state index in [0.29, 0.717) is 0 Å². The monoisotopic (exact) mass is 274 g/mol. The lowest BCUT2D eigenvalue weighted by Gasteiger charge is -2.38. The van der Waals surface area contributed by atoms with Crippen LogP contribution in [-0.2, 0) is 18.5 Å². The number of thiazole rings is 1. The van der Waals surface area contributed by atoms with E-state index in [-0.39, 0.29) is 12.1 Å². The van der Waals surface area contributed by atoms with Crippen LogP contribution in [0.15, 0.2) is 36.0 Å². The topological polar surface area (TPSA) is 45.1 Å². The van der Waals surface area contributed by atoms with Gasteiger partial charge in [-0.3, -0.25) is 4.98 Å². The van der Waals surface area contributed by atoms with E-state index >= 15 is 0 Å². The van der Waals surface area contributed by atoms with E-state index in [4.69, 9.17) is 0 Å². The third-order valence-electron chi connectivity index (χ3n) is 3.94. The second kappa shape index (κ2) is 5.41. The standard InChI is InChI=1S/C15H18N2OS/c18-10-15(17-9-13-8-16-11-19-13)7-3-5-12-4-1-2-6-14(12)15/h1-2,4,6,8,11,17-18H,3,5,7,9-10H2/t15-/m0/s1. The highest BCUT2D eigenvalue weighted by Crippen LogP contribution is 2.35. The second-order valence-electron chi connectivity index (χ2n) is 5.07. The number of aliphatic hydroxyl groups excluding tert-OH is 1. The zero-order chi connectivity index (χ0) is 13.1. The van der Waals surface area contributed by atoms with Gasteiger partial charge in [0.15, 0.2) is 0 Å². The first-order chi connectivity index (χ1) is 9.34. The van der Waals surface area contributed by atoms with Gasteiger partial charge in [-0.1, -0.05) is 24.3 Å². The molecule has 2 aromatic rings. The van der Waals surface area contributed by atoms with Crippen LogP contribution in [0.3, 0.4) is 0 Å². The number of aryl methyl sites for hydroxylation is 1. The summed E-state index contributed by atoms with van der Waals surface area (Å²) in [6, 6.07) is 8.45. The molecular weight excluding hydrogens is 256 g/mol. The van der Waals surface area contributed by atoms with E-state index in [0.717, 1.165) is 25.8 Å². The first-order valence-electron chi connectivity index (χ1n) is 6.66. The van der Waals surface area contributed by atoms with Gasteiger partial charge in [-0.15, -0.1) is 11.3 Å². The molecule has 0 bridgehead atoms. The molecule has 0 amide bonds. The molecule has 4 heteroatoms. The summed E-state index contributed by atoms with van der Waals surface area (Å²) < 4.78 is 0. The van der Waals surface area contributed by atoms with Crippen molar-refractivity contribution in [2.45, 2.75) is 31.3 Å². The molecule has 0 saturated heterocycles. The molecule has 19 heavy (non-hydrogen) atoms. The molecule has 3 rings (SSSR count). The van der Waals surface area contributed by atoms with Crippen molar-refractivity contribution in [3.8, 4) is 0 Å². The number of aliphatic hydroxyl groups is 1. The first-order valence-corrected chi connectivity index (χ1v) is 7.54. The van der Waals surface area contributed by atoms with E-state index in [9.17, 15) is 5.11 Å². The largest absolute Gasteiger partial charge is 0.394 e. The van der Waals surface area contributed by atoms with Gasteiger partial charge >= 0.3 is 0 Å². The van der Waals surface area contributed by atoms with Crippen molar-refractivity contribution < 1.29 is 5.11 Å². The Morgan fingerprint density at radius 3 is 3.05 bits per heavy atom. The molecule has 1 aromatic heterocycles. The lowest BCUT2D eigenvalue weighted by molar-refractivity contribution is 0.140. The molecule has 0 aliphatic heterocycles. The fourth-order valence-corrected chi connectivity index (χ4v) is 3.44. The van der Waals surface area contributed by atoms with E-state index in [2.05, 4.69) is 34.6 Å². The summed E-state index contributed by atoms with van der Waals surface area (Å²) in [6.07, 6.45) is 5.10. The van der Waals surface area contributed by atoms with Crippen molar-refractivity contribution >= 4 is 11.3 Å². The number of nitrogens with one attached hydrogen (secondary N) is 1. The fourth-order valence-electron chi connectivity index (χ4n) is 2.91. The maximum atomic E-state index is 9.94. The summed E-state index contributed by atoms with van der Waals surface area (Å²) in [4.78, 5) is 5.30. The van der Waals surface area contributed by atoms with Gasteiger partial charge in [0.05, 0.1) is 17.7 Å². The number of benzene rings is 1. The van der Waals surface area contributed by atoms with E-state index in [1.54, 1.807) is 11.3 Å². The molecular formula is C15H18N2OS. The summed E-state index contributed by atoms with van der Waals surface area (Å²) in [5, 5.41) is 13.5. The molecule has 2 N–H and O–H groups in total. The van der Waals surface area contributed by atoms with Crippen molar-refractivity contribution in [1.29, 1.82) is 0 Å². The van der Waals surface area contributed by atoms with Crippen molar-refractivity contribution in [3.05, 3.63) is 52.0 Å². The Balaban J connectivity index is 1.87. The van der Waals surface area contributed by atoms with Crippen LogP contribution in [0.4, 0.5) is 0 Å². The van der Waals surface area contributed by atoms with Crippen LogP contribution in [0.25, 0.3) is 0 Å². The summed E-state index contributed by atoms with van der Waals surface area (Å²) in [7, 11) is 0. The molecule has 0 fully saturated rings. The number of fused-ring (bicyclic) bond motifs is 1. The first kappa shape index (κ1) is 12.8. The van der Waals surface area contributed by atoms with Gasteiger partial charge in [-0.25, -0.2) is 0 Å². The zero-order valence-corrected chi connectivity index (χ0v) is 11.6. The molecule has 3 nitrogen and oxygen atoms in total. The molecule has 0 unspecified atom stereocenters. The number of hydrogen-bond acceptors (Lipinski definition) is 4. The average Bonchev–Trinajstić information content (AvgIpc) is 2.98. The summed E-state index contributed by atoms with van der Waals surface area (Å²) in [5.74, 6) is 0. The molecule has 0 radical (unpaired) electrons. The predicted molar refractivity (Wildman–Crippen MR) is 77.1 cm³/mol. The van der Waals surface area contributed by atoms with Gasteiger partial charge in [-0.2, -0.15) is 0 Å². The molecule has 1 aliphatic rings. The molecule has 1 heterocycles. The normalized spacial score (nSPS) is 22.2. The lowest BCUT2D eigenvalue weighted by Crippen LogP contribution is -2.47. The third-order valence-corrected chi connectivity index (χ3v) is 4.72. The second-order valence-corrected chi connectivity index (χ2v) is 6.04. The van der Waals surface area contributed by atoms with Crippen LogP contribution in [-0.4, -0.2) is 16.7 Å². The average molecular weight is 274 g/mol. The SMILES string of the molecule is OC[C@@]1(NCc2cncs2)CCCc2ccccc21. The van der Waals surface area contributed by atoms with Crippen LogP contribution >= 0.6 is 11.3 Å². The van der Waals surface area contributed by atoms with Crippen LogP contribution in [0.2, 0.25) is 0 Å².